The number of anilines is 1. The van der Waals surface area contributed by atoms with Gasteiger partial charge in [-0.05, 0) is 42.0 Å². The van der Waals surface area contributed by atoms with Crippen LogP contribution in [0.15, 0.2) is 35.7 Å². The molecule has 0 saturated carbocycles. The second-order valence-corrected chi connectivity index (χ2v) is 5.75. The van der Waals surface area contributed by atoms with E-state index in [2.05, 4.69) is 22.4 Å². The minimum absolute atomic E-state index is 0.452. The molecule has 2 aromatic rings. The summed E-state index contributed by atoms with van der Waals surface area (Å²) in [6, 6.07) is 9.76. The normalized spacial score (nSPS) is 14.2. The predicted molar refractivity (Wildman–Crippen MR) is 77.1 cm³/mol. The quantitative estimate of drug-likeness (QED) is 0.931. The highest BCUT2D eigenvalue weighted by Gasteiger charge is 2.22. The average Bonchev–Trinajstić information content (AvgIpc) is 2.91. The Morgan fingerprint density at radius 2 is 2.21 bits per heavy atom. The van der Waals surface area contributed by atoms with Crippen LogP contribution in [0.5, 0.6) is 0 Å². The molecule has 0 fully saturated rings. The molecule has 1 N–H and O–H groups in total. The molecule has 98 valence electrons. The molecule has 0 amide bonds. The van der Waals surface area contributed by atoms with Gasteiger partial charge in [-0.2, -0.15) is 0 Å². The van der Waals surface area contributed by atoms with Crippen molar-refractivity contribution >= 4 is 23.0 Å². The number of carboxylic acids is 1. The van der Waals surface area contributed by atoms with Gasteiger partial charge in [-0.1, -0.05) is 12.1 Å². The number of aromatic carboxylic acids is 1. The van der Waals surface area contributed by atoms with Crippen molar-refractivity contribution in [3.63, 3.8) is 0 Å². The Balaban J connectivity index is 1.96. The van der Waals surface area contributed by atoms with E-state index in [1.807, 2.05) is 12.1 Å². The smallest absolute Gasteiger partial charge is 0.336 e. The first-order valence-electron chi connectivity index (χ1n) is 6.38. The molecule has 19 heavy (non-hydrogen) atoms. The number of fused-ring (bicyclic) bond motifs is 1. The Hall–Kier alpha value is -1.81. The van der Waals surface area contributed by atoms with Crippen molar-refractivity contribution < 1.29 is 9.90 Å². The maximum atomic E-state index is 11.3. The number of benzene rings is 1. The average molecular weight is 273 g/mol. The summed E-state index contributed by atoms with van der Waals surface area (Å²) in [4.78, 5) is 14.9. The summed E-state index contributed by atoms with van der Waals surface area (Å²) in [5.41, 5.74) is 2.52. The summed E-state index contributed by atoms with van der Waals surface area (Å²) < 4.78 is 0. The Bertz CT molecular complexity index is 592. The molecular formula is C15H15NO2S. The van der Waals surface area contributed by atoms with Crippen molar-refractivity contribution in [2.75, 3.05) is 11.4 Å². The van der Waals surface area contributed by atoms with Gasteiger partial charge in [-0.15, -0.1) is 11.3 Å². The van der Waals surface area contributed by atoms with Crippen LogP contribution in [0.3, 0.4) is 0 Å². The Labute approximate surface area is 116 Å². The largest absolute Gasteiger partial charge is 0.478 e. The fraction of sp³-hybridized carbons (Fsp3) is 0.267. The number of carbonyl (C=O) groups is 1. The Morgan fingerprint density at radius 3 is 2.95 bits per heavy atom. The fourth-order valence-electron chi connectivity index (χ4n) is 2.66. The molecule has 1 aliphatic rings. The number of hydrogen-bond acceptors (Lipinski definition) is 3. The lowest BCUT2D eigenvalue weighted by Gasteiger charge is -2.31. The van der Waals surface area contributed by atoms with E-state index in [9.17, 15) is 9.90 Å². The third-order valence-electron chi connectivity index (χ3n) is 3.50. The van der Waals surface area contributed by atoms with Crippen LogP contribution in [0.2, 0.25) is 0 Å². The summed E-state index contributed by atoms with van der Waals surface area (Å²) in [6.45, 7) is 1.86. The van der Waals surface area contributed by atoms with E-state index in [4.69, 9.17) is 0 Å². The van der Waals surface area contributed by atoms with E-state index in [0.29, 0.717) is 5.56 Å². The maximum absolute atomic E-state index is 11.3. The molecule has 0 unspecified atom stereocenters. The molecule has 1 aromatic carbocycles. The summed E-state index contributed by atoms with van der Waals surface area (Å²) in [5, 5.41) is 11.3. The van der Waals surface area contributed by atoms with E-state index in [1.54, 1.807) is 17.4 Å². The van der Waals surface area contributed by atoms with Gasteiger partial charge in [0, 0.05) is 17.1 Å². The molecule has 3 nitrogen and oxygen atoms in total. The van der Waals surface area contributed by atoms with Crippen molar-refractivity contribution in [3.05, 3.63) is 51.7 Å². The van der Waals surface area contributed by atoms with E-state index in [0.717, 1.165) is 37.2 Å². The zero-order valence-corrected chi connectivity index (χ0v) is 11.3. The molecule has 0 saturated heterocycles. The van der Waals surface area contributed by atoms with E-state index in [1.165, 1.54) is 4.88 Å². The minimum Gasteiger partial charge on any atom is -0.478 e. The van der Waals surface area contributed by atoms with E-state index < -0.39 is 5.97 Å². The van der Waals surface area contributed by atoms with Crippen LogP contribution in [0.25, 0.3) is 0 Å². The first kappa shape index (κ1) is 12.2. The lowest BCUT2D eigenvalue weighted by molar-refractivity contribution is 0.0695. The summed E-state index contributed by atoms with van der Waals surface area (Å²) in [6.07, 6.45) is 1.88. The Kier molecular flexibility index (Phi) is 3.25. The third-order valence-corrected chi connectivity index (χ3v) is 4.37. The number of nitrogens with zero attached hydrogens (tertiary/aromatic N) is 1. The van der Waals surface area contributed by atoms with Crippen LogP contribution in [-0.2, 0) is 13.0 Å². The molecule has 0 spiro atoms. The number of carboxylic acid groups (broad SMARTS) is 1. The molecular weight excluding hydrogens is 258 g/mol. The van der Waals surface area contributed by atoms with Gasteiger partial charge in [0.1, 0.15) is 0 Å². The molecule has 1 aliphatic heterocycles. The maximum Gasteiger partial charge on any atom is 0.336 e. The molecule has 0 aliphatic carbocycles. The lowest BCUT2D eigenvalue weighted by atomic mass is 9.96. The van der Waals surface area contributed by atoms with Crippen molar-refractivity contribution in [1.82, 2.24) is 0 Å². The van der Waals surface area contributed by atoms with Crippen LogP contribution < -0.4 is 4.90 Å². The molecule has 4 heteroatoms. The van der Waals surface area contributed by atoms with Crippen LogP contribution >= 0.6 is 11.3 Å². The number of rotatable bonds is 3. The highest BCUT2D eigenvalue weighted by atomic mass is 32.1. The van der Waals surface area contributed by atoms with Crippen molar-refractivity contribution in [1.29, 1.82) is 0 Å². The molecule has 2 heterocycles. The van der Waals surface area contributed by atoms with E-state index >= 15 is 0 Å². The van der Waals surface area contributed by atoms with Gasteiger partial charge in [0.15, 0.2) is 0 Å². The standard InChI is InChI=1S/C15H15NO2S/c17-15(18)13-5-1-7-14-12(13)6-2-8-16(14)10-11-4-3-9-19-11/h1,3-5,7,9H,2,6,8,10H2,(H,17,18). The molecule has 3 rings (SSSR count). The molecule has 0 radical (unpaired) electrons. The predicted octanol–water partition coefficient (Wildman–Crippen LogP) is 3.40. The van der Waals surface area contributed by atoms with E-state index in [-0.39, 0.29) is 0 Å². The zero-order valence-electron chi connectivity index (χ0n) is 10.5. The van der Waals surface area contributed by atoms with Gasteiger partial charge in [0.2, 0.25) is 0 Å². The first-order valence-corrected chi connectivity index (χ1v) is 7.26. The van der Waals surface area contributed by atoms with Crippen molar-refractivity contribution in [2.24, 2.45) is 0 Å². The molecule has 1 aromatic heterocycles. The molecule has 0 bridgehead atoms. The highest BCUT2D eigenvalue weighted by Crippen LogP contribution is 2.31. The number of hydrogen-bond donors (Lipinski definition) is 1. The minimum atomic E-state index is -0.824. The van der Waals surface area contributed by atoms with Crippen LogP contribution in [0.1, 0.15) is 27.2 Å². The van der Waals surface area contributed by atoms with Crippen LogP contribution in [-0.4, -0.2) is 17.6 Å². The summed E-state index contributed by atoms with van der Waals surface area (Å²) >= 11 is 1.74. The third kappa shape index (κ3) is 2.36. The second kappa shape index (κ2) is 5.05. The molecule has 0 atom stereocenters. The first-order chi connectivity index (χ1) is 9.25. The zero-order chi connectivity index (χ0) is 13.2. The number of thiophene rings is 1. The van der Waals surface area contributed by atoms with Crippen molar-refractivity contribution in [2.45, 2.75) is 19.4 Å². The monoisotopic (exact) mass is 273 g/mol. The lowest BCUT2D eigenvalue weighted by Crippen LogP contribution is -2.29. The van der Waals surface area contributed by atoms with Crippen LogP contribution in [0, 0.1) is 0 Å². The SMILES string of the molecule is O=C(O)c1cccc2c1CCCN2Cc1cccs1. The summed E-state index contributed by atoms with van der Waals surface area (Å²) in [5.74, 6) is -0.824. The van der Waals surface area contributed by atoms with Gasteiger partial charge in [-0.3, -0.25) is 0 Å². The van der Waals surface area contributed by atoms with Crippen molar-refractivity contribution in [3.8, 4) is 0 Å². The summed E-state index contributed by atoms with van der Waals surface area (Å²) in [7, 11) is 0. The highest BCUT2D eigenvalue weighted by molar-refractivity contribution is 7.09. The fourth-order valence-corrected chi connectivity index (χ4v) is 3.38. The van der Waals surface area contributed by atoms with Gasteiger partial charge in [-0.25, -0.2) is 4.79 Å². The van der Waals surface area contributed by atoms with Crippen LogP contribution in [0.4, 0.5) is 5.69 Å². The van der Waals surface area contributed by atoms with Gasteiger partial charge < -0.3 is 10.0 Å². The van der Waals surface area contributed by atoms with Gasteiger partial charge >= 0.3 is 5.97 Å². The second-order valence-electron chi connectivity index (χ2n) is 4.71. The van der Waals surface area contributed by atoms with Gasteiger partial charge in [0.05, 0.1) is 12.1 Å². The topological polar surface area (TPSA) is 40.5 Å². The van der Waals surface area contributed by atoms with Gasteiger partial charge in [0.25, 0.3) is 0 Å². The Morgan fingerprint density at radius 1 is 1.32 bits per heavy atom.